The average molecular weight is 441 g/mol. The molecule has 3 aromatic heterocycles. The fourth-order valence-corrected chi connectivity index (χ4v) is 4.12. The van der Waals surface area contributed by atoms with Gasteiger partial charge >= 0.3 is 5.97 Å². The van der Waals surface area contributed by atoms with Gasteiger partial charge in [0.25, 0.3) is 0 Å². The third kappa shape index (κ3) is 4.53. The van der Waals surface area contributed by atoms with E-state index in [1.807, 2.05) is 35.7 Å². The first kappa shape index (κ1) is 19.7. The lowest BCUT2D eigenvalue weighted by molar-refractivity contribution is 0.0456. The Balaban J connectivity index is 1.44. The summed E-state index contributed by atoms with van der Waals surface area (Å²) in [4.78, 5) is 30.0. The second-order valence-corrected chi connectivity index (χ2v) is 7.66. The highest BCUT2D eigenvalue weighted by Gasteiger charge is 2.15. The summed E-state index contributed by atoms with van der Waals surface area (Å²) in [5.41, 5.74) is 6.67. The molecule has 0 saturated carbocycles. The molecule has 3 heterocycles. The van der Waals surface area contributed by atoms with Gasteiger partial charge in [0.15, 0.2) is 18.1 Å². The number of nitrogens with zero attached hydrogens (tertiary/aromatic N) is 4. The van der Waals surface area contributed by atoms with Crippen LogP contribution in [0.1, 0.15) is 16.3 Å². The third-order valence-corrected chi connectivity index (χ3v) is 5.71. The minimum absolute atomic E-state index is 0.00193. The number of thiophene rings is 1. The first-order valence-electron chi connectivity index (χ1n) is 8.69. The normalized spacial score (nSPS) is 10.6. The quantitative estimate of drug-likeness (QED) is 0.413. The van der Waals surface area contributed by atoms with Gasteiger partial charge in [0.2, 0.25) is 11.9 Å². The summed E-state index contributed by atoms with van der Waals surface area (Å²) in [6, 6.07) is 11.2. The number of thiazole rings is 1. The van der Waals surface area contributed by atoms with E-state index in [0.717, 1.165) is 9.88 Å². The molecule has 0 aliphatic carbocycles. The molecule has 0 amide bonds. The van der Waals surface area contributed by atoms with Crippen molar-refractivity contribution in [3.05, 3.63) is 58.7 Å². The minimum Gasteiger partial charge on any atom is -0.495 e. The number of rotatable bonds is 7. The molecule has 9 nitrogen and oxygen atoms in total. The van der Waals surface area contributed by atoms with Gasteiger partial charge in [-0.25, -0.2) is 9.78 Å². The Hall–Kier alpha value is -3.57. The van der Waals surface area contributed by atoms with Crippen molar-refractivity contribution in [1.29, 1.82) is 0 Å². The SMILES string of the molecule is COc1ccccc1Nc1nc(N)nc(COC(=O)c2csc(-c3cccs3)n2)n1. The van der Waals surface area contributed by atoms with E-state index in [1.54, 1.807) is 29.9 Å². The topological polar surface area (TPSA) is 125 Å². The van der Waals surface area contributed by atoms with Crippen molar-refractivity contribution in [2.24, 2.45) is 0 Å². The van der Waals surface area contributed by atoms with Crippen LogP contribution < -0.4 is 15.8 Å². The van der Waals surface area contributed by atoms with Crippen LogP contribution in [0.4, 0.5) is 17.6 Å². The molecule has 0 radical (unpaired) electrons. The Morgan fingerprint density at radius 1 is 1.10 bits per heavy atom. The van der Waals surface area contributed by atoms with E-state index in [1.165, 1.54) is 11.3 Å². The van der Waals surface area contributed by atoms with Gasteiger partial charge in [-0.1, -0.05) is 18.2 Å². The fourth-order valence-electron chi connectivity index (χ4n) is 2.51. The third-order valence-electron chi connectivity index (χ3n) is 3.83. The number of hydrogen-bond donors (Lipinski definition) is 2. The molecule has 0 saturated heterocycles. The van der Waals surface area contributed by atoms with Crippen LogP contribution in [-0.4, -0.2) is 33.0 Å². The zero-order chi connectivity index (χ0) is 20.9. The van der Waals surface area contributed by atoms with E-state index in [9.17, 15) is 4.79 Å². The standard InChI is InChI=1S/C19H16N6O3S2/c1-27-13-6-3-2-5-11(13)22-19-24-15(23-18(20)25-19)9-28-17(26)12-10-30-16(21-12)14-7-4-8-29-14/h2-8,10H,9H2,1H3,(H3,20,22,23,24,25). The highest BCUT2D eigenvalue weighted by Crippen LogP contribution is 2.28. The second-order valence-electron chi connectivity index (χ2n) is 5.85. The molecule has 0 atom stereocenters. The van der Waals surface area contributed by atoms with Crippen LogP contribution in [-0.2, 0) is 11.3 Å². The highest BCUT2D eigenvalue weighted by atomic mass is 32.1. The summed E-state index contributed by atoms with van der Waals surface area (Å²) in [6.07, 6.45) is 0. The first-order valence-corrected chi connectivity index (χ1v) is 10.5. The average Bonchev–Trinajstić information content (AvgIpc) is 3.44. The predicted octanol–water partition coefficient (Wildman–Crippen LogP) is 3.75. The smallest absolute Gasteiger partial charge is 0.358 e. The summed E-state index contributed by atoms with van der Waals surface area (Å²) in [7, 11) is 1.56. The maximum atomic E-state index is 12.3. The van der Waals surface area contributed by atoms with E-state index < -0.39 is 5.97 Å². The molecule has 0 aliphatic heterocycles. The fraction of sp³-hybridized carbons (Fsp3) is 0.105. The van der Waals surface area contributed by atoms with Crippen LogP contribution in [0.3, 0.4) is 0 Å². The Bertz CT molecular complexity index is 1160. The number of carbonyl (C=O) groups is 1. The van der Waals surface area contributed by atoms with Crippen LogP contribution in [0.2, 0.25) is 0 Å². The first-order chi connectivity index (χ1) is 14.6. The van der Waals surface area contributed by atoms with Gasteiger partial charge in [-0.2, -0.15) is 15.0 Å². The number of benzene rings is 1. The molecule has 3 N–H and O–H groups in total. The zero-order valence-corrected chi connectivity index (χ0v) is 17.4. The van der Waals surface area contributed by atoms with Gasteiger partial charge in [0.05, 0.1) is 17.7 Å². The molecule has 4 aromatic rings. The number of nitrogen functional groups attached to an aromatic ring is 1. The Morgan fingerprint density at radius 2 is 1.97 bits per heavy atom. The number of nitrogens with two attached hydrogens (primary N) is 1. The molecule has 0 spiro atoms. The van der Waals surface area contributed by atoms with E-state index >= 15 is 0 Å². The van der Waals surface area contributed by atoms with E-state index in [2.05, 4.69) is 25.3 Å². The monoisotopic (exact) mass is 440 g/mol. The van der Waals surface area contributed by atoms with Crippen LogP contribution in [0.25, 0.3) is 9.88 Å². The number of anilines is 3. The summed E-state index contributed by atoms with van der Waals surface area (Å²) < 4.78 is 10.6. The Labute approximate surface area is 179 Å². The van der Waals surface area contributed by atoms with Crippen molar-refractivity contribution in [2.75, 3.05) is 18.2 Å². The largest absolute Gasteiger partial charge is 0.495 e. The van der Waals surface area contributed by atoms with Crippen LogP contribution in [0.5, 0.6) is 5.75 Å². The van der Waals surface area contributed by atoms with Crippen LogP contribution in [0.15, 0.2) is 47.2 Å². The van der Waals surface area contributed by atoms with Crippen molar-refractivity contribution < 1.29 is 14.3 Å². The number of carbonyl (C=O) groups excluding carboxylic acids is 1. The summed E-state index contributed by atoms with van der Waals surface area (Å²) in [6.45, 7) is -0.169. The number of methoxy groups -OCH3 is 1. The van der Waals surface area contributed by atoms with Crippen LogP contribution in [0, 0.1) is 0 Å². The maximum absolute atomic E-state index is 12.3. The molecule has 0 bridgehead atoms. The van der Waals surface area contributed by atoms with E-state index in [-0.39, 0.29) is 30.0 Å². The Morgan fingerprint density at radius 3 is 2.77 bits per heavy atom. The van der Waals surface area contributed by atoms with E-state index in [0.29, 0.717) is 11.4 Å². The number of nitrogens with one attached hydrogen (secondary N) is 1. The van der Waals surface area contributed by atoms with Crippen molar-refractivity contribution in [1.82, 2.24) is 19.9 Å². The molecule has 4 rings (SSSR count). The van der Waals surface area contributed by atoms with Gasteiger partial charge in [-0.3, -0.25) is 0 Å². The zero-order valence-electron chi connectivity index (χ0n) is 15.7. The maximum Gasteiger partial charge on any atom is 0.358 e. The van der Waals surface area contributed by atoms with Gasteiger partial charge in [-0.15, -0.1) is 22.7 Å². The minimum atomic E-state index is -0.563. The summed E-state index contributed by atoms with van der Waals surface area (Å²) in [5.74, 6) is 0.484. The summed E-state index contributed by atoms with van der Waals surface area (Å²) in [5, 5.41) is 7.41. The summed E-state index contributed by atoms with van der Waals surface area (Å²) >= 11 is 2.94. The molecular weight excluding hydrogens is 424 g/mol. The highest BCUT2D eigenvalue weighted by molar-refractivity contribution is 7.20. The predicted molar refractivity (Wildman–Crippen MR) is 115 cm³/mol. The molecule has 0 fully saturated rings. The van der Waals surface area contributed by atoms with Crippen molar-refractivity contribution >= 4 is 46.2 Å². The molecule has 1 aromatic carbocycles. The molecular formula is C19H16N6O3S2. The molecule has 152 valence electrons. The van der Waals surface area contributed by atoms with Gasteiger partial charge < -0.3 is 20.5 Å². The number of esters is 1. The number of aromatic nitrogens is 4. The lowest BCUT2D eigenvalue weighted by Crippen LogP contribution is -2.11. The molecule has 0 unspecified atom stereocenters. The van der Waals surface area contributed by atoms with Crippen LogP contribution >= 0.6 is 22.7 Å². The number of para-hydroxylation sites is 2. The van der Waals surface area contributed by atoms with Gasteiger partial charge in [0, 0.05) is 5.38 Å². The molecule has 0 aliphatic rings. The van der Waals surface area contributed by atoms with Crippen molar-refractivity contribution in [3.8, 4) is 15.6 Å². The van der Waals surface area contributed by atoms with E-state index in [4.69, 9.17) is 15.2 Å². The van der Waals surface area contributed by atoms with Crippen molar-refractivity contribution in [2.45, 2.75) is 6.61 Å². The van der Waals surface area contributed by atoms with Gasteiger partial charge in [0.1, 0.15) is 10.8 Å². The molecule has 30 heavy (non-hydrogen) atoms. The Kier molecular flexibility index (Phi) is 5.82. The second kappa shape index (κ2) is 8.84. The lowest BCUT2D eigenvalue weighted by Gasteiger charge is -2.10. The lowest BCUT2D eigenvalue weighted by atomic mass is 10.3. The number of ether oxygens (including phenoxy) is 2. The van der Waals surface area contributed by atoms with Crippen molar-refractivity contribution in [3.63, 3.8) is 0 Å². The van der Waals surface area contributed by atoms with Gasteiger partial charge in [-0.05, 0) is 23.6 Å². The number of hydrogen-bond acceptors (Lipinski definition) is 11. The molecule has 11 heteroatoms.